The van der Waals surface area contributed by atoms with Crippen LogP contribution in [0.1, 0.15) is 27.3 Å². The molecule has 4 rings (SSSR count). The van der Waals surface area contributed by atoms with E-state index >= 15 is 0 Å². The van der Waals surface area contributed by atoms with Gasteiger partial charge in [-0.2, -0.15) is 0 Å². The van der Waals surface area contributed by atoms with Crippen molar-refractivity contribution >= 4 is 34.8 Å². The van der Waals surface area contributed by atoms with Crippen LogP contribution in [0.15, 0.2) is 60.7 Å². The zero-order valence-electron chi connectivity index (χ0n) is 17.3. The van der Waals surface area contributed by atoms with Crippen molar-refractivity contribution in [2.45, 2.75) is 20.8 Å². The van der Waals surface area contributed by atoms with Gasteiger partial charge in [-0.25, -0.2) is 9.67 Å². The predicted molar refractivity (Wildman–Crippen MR) is 125 cm³/mol. The Morgan fingerprint density at radius 1 is 0.935 bits per heavy atom. The summed E-state index contributed by atoms with van der Waals surface area (Å²) in [7, 11) is 0. The molecule has 4 aromatic rings. The van der Waals surface area contributed by atoms with E-state index in [1.165, 1.54) is 0 Å². The quantitative estimate of drug-likeness (QED) is 0.390. The third kappa shape index (κ3) is 4.48. The summed E-state index contributed by atoms with van der Waals surface area (Å²) in [5.74, 6) is 0.181. The van der Waals surface area contributed by atoms with Gasteiger partial charge in [-0.05, 0) is 62.2 Å². The van der Waals surface area contributed by atoms with E-state index in [0.717, 1.165) is 27.9 Å². The van der Waals surface area contributed by atoms with Crippen molar-refractivity contribution in [3.05, 3.63) is 93.2 Å². The summed E-state index contributed by atoms with van der Waals surface area (Å²) >= 11 is 12.4. The first-order valence-electron chi connectivity index (χ1n) is 9.70. The summed E-state index contributed by atoms with van der Waals surface area (Å²) in [6, 6.07) is 18.8. The molecular formula is C24H20Cl2N4O. The lowest BCUT2D eigenvalue weighted by Crippen LogP contribution is -2.14. The van der Waals surface area contributed by atoms with Crippen LogP contribution in [-0.4, -0.2) is 20.7 Å². The minimum atomic E-state index is -0.424. The number of carbonyl (C=O) groups excluding carboxylic acids is 1. The highest BCUT2D eigenvalue weighted by molar-refractivity contribution is 6.31. The molecule has 0 saturated heterocycles. The number of aromatic nitrogens is 3. The van der Waals surface area contributed by atoms with Crippen molar-refractivity contribution in [3.8, 4) is 17.1 Å². The molecule has 1 N–H and O–H groups in total. The Morgan fingerprint density at radius 2 is 1.71 bits per heavy atom. The molecule has 0 saturated carbocycles. The van der Waals surface area contributed by atoms with E-state index in [1.54, 1.807) is 16.8 Å². The van der Waals surface area contributed by atoms with Gasteiger partial charge in [0, 0.05) is 21.3 Å². The van der Waals surface area contributed by atoms with Crippen molar-refractivity contribution in [2.24, 2.45) is 0 Å². The topological polar surface area (TPSA) is 59.8 Å². The maximum atomic E-state index is 12.9. The second-order valence-electron chi connectivity index (χ2n) is 7.39. The Hall–Kier alpha value is -3.15. The molecule has 3 aromatic carbocycles. The zero-order valence-corrected chi connectivity index (χ0v) is 18.8. The number of amides is 1. The van der Waals surface area contributed by atoms with E-state index in [9.17, 15) is 4.79 Å². The molecule has 5 nitrogen and oxygen atoms in total. The molecule has 0 spiro atoms. The largest absolute Gasteiger partial charge is 0.319 e. The van der Waals surface area contributed by atoms with E-state index in [4.69, 9.17) is 23.2 Å². The van der Waals surface area contributed by atoms with Gasteiger partial charge in [0.15, 0.2) is 5.82 Å². The monoisotopic (exact) mass is 450 g/mol. The number of carbonyl (C=O) groups is 1. The molecular weight excluding hydrogens is 431 g/mol. The van der Waals surface area contributed by atoms with Gasteiger partial charge in [-0.15, -0.1) is 5.10 Å². The molecule has 0 aliphatic carbocycles. The Balaban J connectivity index is 1.80. The molecule has 0 aliphatic rings. The molecule has 0 aliphatic heterocycles. The molecule has 1 amide bonds. The minimum absolute atomic E-state index is 0.0487. The fourth-order valence-corrected chi connectivity index (χ4v) is 3.56. The SMILES string of the molecule is Cc1cccc(-c2nc(C(=O)Nc3ccc(C)c(Cl)c3)nn2-c2cc(Cl)ccc2C)c1. The number of aryl methyl sites for hydroxylation is 3. The number of nitrogens with one attached hydrogen (secondary N) is 1. The van der Waals surface area contributed by atoms with Crippen LogP contribution in [0.2, 0.25) is 10.0 Å². The number of rotatable bonds is 4. The number of hydrogen-bond donors (Lipinski definition) is 1. The van der Waals surface area contributed by atoms with E-state index < -0.39 is 5.91 Å². The van der Waals surface area contributed by atoms with Gasteiger partial charge in [0.05, 0.1) is 5.69 Å². The van der Waals surface area contributed by atoms with Crippen LogP contribution in [0.4, 0.5) is 5.69 Å². The zero-order chi connectivity index (χ0) is 22.1. The molecule has 156 valence electrons. The van der Waals surface area contributed by atoms with E-state index in [0.29, 0.717) is 21.6 Å². The third-order valence-electron chi connectivity index (χ3n) is 4.92. The van der Waals surface area contributed by atoms with Crippen LogP contribution in [0, 0.1) is 20.8 Å². The Bertz CT molecular complexity index is 1300. The first-order chi connectivity index (χ1) is 14.8. The van der Waals surface area contributed by atoms with E-state index in [1.807, 2.05) is 69.3 Å². The number of anilines is 1. The lowest BCUT2D eigenvalue weighted by molar-refractivity contribution is 0.101. The number of halogens is 2. The summed E-state index contributed by atoms with van der Waals surface area (Å²) in [4.78, 5) is 17.5. The average Bonchev–Trinajstić information content (AvgIpc) is 3.18. The second kappa shape index (κ2) is 8.53. The molecule has 1 aromatic heterocycles. The molecule has 0 radical (unpaired) electrons. The standard InChI is InChI=1S/C24H20Cl2N4O/c1-14-5-4-6-17(11-14)23-28-22(24(31)27-19-10-8-15(2)20(26)13-19)29-30(23)21-12-18(25)9-7-16(21)3/h4-13H,1-3H3,(H,27,31). The molecule has 7 heteroatoms. The first-order valence-corrected chi connectivity index (χ1v) is 10.5. The van der Waals surface area contributed by atoms with Gasteiger partial charge in [-0.3, -0.25) is 4.79 Å². The molecule has 0 fully saturated rings. The second-order valence-corrected chi connectivity index (χ2v) is 8.23. The van der Waals surface area contributed by atoms with Gasteiger partial charge >= 0.3 is 0 Å². The summed E-state index contributed by atoms with van der Waals surface area (Å²) in [6.45, 7) is 5.86. The van der Waals surface area contributed by atoms with Gasteiger partial charge in [0.1, 0.15) is 0 Å². The third-order valence-corrected chi connectivity index (χ3v) is 5.56. The molecule has 0 atom stereocenters. The molecule has 0 bridgehead atoms. The normalized spacial score (nSPS) is 10.9. The van der Waals surface area contributed by atoms with Crippen molar-refractivity contribution in [1.29, 1.82) is 0 Å². The summed E-state index contributed by atoms with van der Waals surface area (Å²) < 4.78 is 1.66. The molecule has 31 heavy (non-hydrogen) atoms. The Morgan fingerprint density at radius 3 is 2.45 bits per heavy atom. The van der Waals surface area contributed by atoms with Crippen molar-refractivity contribution in [2.75, 3.05) is 5.32 Å². The Labute approximate surface area is 190 Å². The maximum Gasteiger partial charge on any atom is 0.295 e. The van der Waals surface area contributed by atoms with Crippen LogP contribution < -0.4 is 5.32 Å². The summed E-state index contributed by atoms with van der Waals surface area (Å²) in [5, 5.41) is 8.50. The number of nitrogens with zero attached hydrogens (tertiary/aromatic N) is 3. The van der Waals surface area contributed by atoms with Crippen LogP contribution in [0.3, 0.4) is 0 Å². The highest BCUT2D eigenvalue weighted by atomic mass is 35.5. The number of benzene rings is 3. The average molecular weight is 451 g/mol. The maximum absolute atomic E-state index is 12.9. The first kappa shape index (κ1) is 21.1. The lowest BCUT2D eigenvalue weighted by atomic mass is 10.1. The summed E-state index contributed by atoms with van der Waals surface area (Å²) in [6.07, 6.45) is 0. The lowest BCUT2D eigenvalue weighted by Gasteiger charge is -2.10. The fourth-order valence-electron chi connectivity index (χ4n) is 3.22. The summed E-state index contributed by atoms with van der Waals surface area (Å²) in [5.41, 5.74) is 5.15. The van der Waals surface area contributed by atoms with Gasteiger partial charge in [0.2, 0.25) is 5.82 Å². The van der Waals surface area contributed by atoms with Crippen LogP contribution in [0.25, 0.3) is 17.1 Å². The van der Waals surface area contributed by atoms with Crippen LogP contribution >= 0.6 is 23.2 Å². The van der Waals surface area contributed by atoms with E-state index in [-0.39, 0.29) is 5.82 Å². The van der Waals surface area contributed by atoms with E-state index in [2.05, 4.69) is 15.4 Å². The van der Waals surface area contributed by atoms with Crippen LogP contribution in [-0.2, 0) is 0 Å². The smallest absolute Gasteiger partial charge is 0.295 e. The Kier molecular flexibility index (Phi) is 5.81. The highest BCUT2D eigenvalue weighted by Crippen LogP contribution is 2.26. The van der Waals surface area contributed by atoms with Gasteiger partial charge < -0.3 is 5.32 Å². The molecule has 1 heterocycles. The van der Waals surface area contributed by atoms with Crippen molar-refractivity contribution < 1.29 is 4.79 Å². The van der Waals surface area contributed by atoms with Gasteiger partial charge in [0.25, 0.3) is 5.91 Å². The minimum Gasteiger partial charge on any atom is -0.319 e. The van der Waals surface area contributed by atoms with Gasteiger partial charge in [-0.1, -0.05) is 59.1 Å². The van der Waals surface area contributed by atoms with Crippen LogP contribution in [0.5, 0.6) is 0 Å². The van der Waals surface area contributed by atoms with Crippen molar-refractivity contribution in [3.63, 3.8) is 0 Å². The fraction of sp³-hybridized carbons (Fsp3) is 0.125. The molecule has 0 unspecified atom stereocenters. The van der Waals surface area contributed by atoms with Crippen molar-refractivity contribution in [1.82, 2.24) is 14.8 Å². The predicted octanol–water partition coefficient (Wildman–Crippen LogP) is 6.42. The number of hydrogen-bond acceptors (Lipinski definition) is 3. The highest BCUT2D eigenvalue weighted by Gasteiger charge is 2.20.